The first-order valence-electron chi connectivity index (χ1n) is 6.05. The Kier molecular flexibility index (Phi) is 4.85. The monoisotopic (exact) mass is 315 g/mol. The number of carbonyl (C=O) groups excluding carboxylic acids is 1. The molecule has 0 saturated carbocycles. The highest BCUT2D eigenvalue weighted by Gasteiger charge is 2.30. The third-order valence-electron chi connectivity index (χ3n) is 2.59. The van der Waals surface area contributed by atoms with E-state index in [1.54, 1.807) is 0 Å². The topological polar surface area (TPSA) is 38.3 Å². The lowest BCUT2D eigenvalue weighted by atomic mass is 10.2. The van der Waals surface area contributed by atoms with Crippen molar-refractivity contribution < 1.29 is 22.7 Å². The maximum absolute atomic E-state index is 12.0. The van der Waals surface area contributed by atoms with E-state index < -0.39 is 6.36 Å². The van der Waals surface area contributed by atoms with Gasteiger partial charge in [0.05, 0.1) is 6.42 Å². The van der Waals surface area contributed by atoms with E-state index in [0.29, 0.717) is 12.0 Å². The summed E-state index contributed by atoms with van der Waals surface area (Å²) in [6.07, 6.45) is -4.41. The van der Waals surface area contributed by atoms with Gasteiger partial charge in [-0.05, 0) is 40.1 Å². The summed E-state index contributed by atoms with van der Waals surface area (Å²) in [4.78, 5) is 11.7. The van der Waals surface area contributed by atoms with Crippen LogP contribution in [0.3, 0.4) is 0 Å². The van der Waals surface area contributed by atoms with Crippen LogP contribution in [0.1, 0.15) is 11.1 Å². The summed E-state index contributed by atoms with van der Waals surface area (Å²) in [5.41, 5.74) is 1.63. The number of alkyl halides is 3. The SMILES string of the molecule is O=C(Cc1ccsc1)NCc1ccc(OC(F)(F)F)cc1. The van der Waals surface area contributed by atoms with E-state index in [1.165, 1.54) is 35.6 Å². The molecule has 1 aromatic heterocycles. The minimum atomic E-state index is -4.70. The highest BCUT2D eigenvalue weighted by Crippen LogP contribution is 2.22. The van der Waals surface area contributed by atoms with Gasteiger partial charge in [-0.2, -0.15) is 11.3 Å². The number of hydrogen-bond donors (Lipinski definition) is 1. The lowest BCUT2D eigenvalue weighted by Gasteiger charge is -2.09. The van der Waals surface area contributed by atoms with Gasteiger partial charge < -0.3 is 10.1 Å². The maximum atomic E-state index is 12.0. The number of thiophene rings is 1. The van der Waals surface area contributed by atoms with Crippen molar-refractivity contribution in [3.8, 4) is 5.75 Å². The summed E-state index contributed by atoms with van der Waals surface area (Å²) in [6, 6.07) is 7.26. The molecule has 1 heterocycles. The second-order valence-electron chi connectivity index (χ2n) is 4.28. The van der Waals surface area contributed by atoms with E-state index in [-0.39, 0.29) is 18.2 Å². The molecule has 1 N–H and O–H groups in total. The first-order chi connectivity index (χ1) is 9.92. The van der Waals surface area contributed by atoms with E-state index in [4.69, 9.17) is 0 Å². The smallest absolute Gasteiger partial charge is 0.406 e. The maximum Gasteiger partial charge on any atom is 0.573 e. The Morgan fingerprint density at radius 1 is 1.14 bits per heavy atom. The number of halogens is 3. The van der Waals surface area contributed by atoms with Crippen molar-refractivity contribution in [1.29, 1.82) is 0 Å². The molecule has 0 bridgehead atoms. The number of benzene rings is 1. The molecule has 7 heteroatoms. The Labute approximate surface area is 123 Å². The highest BCUT2D eigenvalue weighted by molar-refractivity contribution is 7.07. The van der Waals surface area contributed by atoms with Crippen molar-refractivity contribution in [1.82, 2.24) is 5.32 Å². The third-order valence-corrected chi connectivity index (χ3v) is 3.32. The van der Waals surface area contributed by atoms with Crippen molar-refractivity contribution >= 4 is 17.2 Å². The summed E-state index contributed by atoms with van der Waals surface area (Å²) in [7, 11) is 0. The molecule has 1 amide bonds. The van der Waals surface area contributed by atoms with Gasteiger partial charge >= 0.3 is 6.36 Å². The van der Waals surface area contributed by atoms with Crippen LogP contribution >= 0.6 is 11.3 Å². The summed E-state index contributed by atoms with van der Waals surface area (Å²) >= 11 is 1.52. The Balaban J connectivity index is 1.82. The van der Waals surface area contributed by atoms with E-state index in [0.717, 1.165) is 5.56 Å². The largest absolute Gasteiger partial charge is 0.573 e. The van der Waals surface area contributed by atoms with Gasteiger partial charge in [0, 0.05) is 6.54 Å². The number of ether oxygens (including phenoxy) is 1. The van der Waals surface area contributed by atoms with Crippen LogP contribution in [0.2, 0.25) is 0 Å². The summed E-state index contributed by atoms with van der Waals surface area (Å²) in [6.45, 7) is 0.259. The van der Waals surface area contributed by atoms with Crippen LogP contribution in [0.5, 0.6) is 5.75 Å². The Hall–Kier alpha value is -2.02. The molecule has 0 atom stereocenters. The fraction of sp³-hybridized carbons (Fsp3) is 0.214. The lowest BCUT2D eigenvalue weighted by Crippen LogP contribution is -2.24. The quantitative estimate of drug-likeness (QED) is 0.917. The van der Waals surface area contributed by atoms with Crippen molar-refractivity contribution in [3.05, 3.63) is 52.2 Å². The molecule has 2 rings (SSSR count). The van der Waals surface area contributed by atoms with E-state index in [9.17, 15) is 18.0 Å². The van der Waals surface area contributed by atoms with Crippen LogP contribution in [0.15, 0.2) is 41.1 Å². The molecule has 0 fully saturated rings. The minimum Gasteiger partial charge on any atom is -0.406 e. The third kappa shape index (κ3) is 5.47. The Morgan fingerprint density at radius 2 is 1.86 bits per heavy atom. The molecule has 0 aliphatic heterocycles. The number of amides is 1. The van der Waals surface area contributed by atoms with Gasteiger partial charge in [-0.1, -0.05) is 12.1 Å². The minimum absolute atomic E-state index is 0.135. The van der Waals surface area contributed by atoms with Crippen LogP contribution in [-0.4, -0.2) is 12.3 Å². The molecule has 0 radical (unpaired) electrons. The predicted octanol–water partition coefficient (Wildman–Crippen LogP) is 3.51. The zero-order chi connectivity index (χ0) is 15.3. The lowest BCUT2D eigenvalue weighted by molar-refractivity contribution is -0.274. The zero-order valence-corrected chi connectivity index (χ0v) is 11.6. The van der Waals surface area contributed by atoms with E-state index >= 15 is 0 Å². The molecular formula is C14H12F3NO2S. The van der Waals surface area contributed by atoms with Gasteiger partial charge in [0.25, 0.3) is 0 Å². The second-order valence-corrected chi connectivity index (χ2v) is 5.06. The fourth-order valence-corrected chi connectivity index (χ4v) is 2.32. The molecule has 0 saturated heterocycles. The average Bonchev–Trinajstić information content (AvgIpc) is 2.89. The molecule has 0 spiro atoms. The van der Waals surface area contributed by atoms with Gasteiger partial charge in [-0.15, -0.1) is 13.2 Å². The molecule has 1 aromatic carbocycles. The Morgan fingerprint density at radius 3 is 2.43 bits per heavy atom. The summed E-state index contributed by atoms with van der Waals surface area (Å²) in [5.74, 6) is -0.417. The molecule has 21 heavy (non-hydrogen) atoms. The van der Waals surface area contributed by atoms with Crippen molar-refractivity contribution in [2.24, 2.45) is 0 Å². The number of hydrogen-bond acceptors (Lipinski definition) is 3. The zero-order valence-electron chi connectivity index (χ0n) is 10.8. The van der Waals surface area contributed by atoms with Crippen molar-refractivity contribution in [2.45, 2.75) is 19.3 Å². The van der Waals surface area contributed by atoms with Gasteiger partial charge in [0.15, 0.2) is 0 Å². The fourth-order valence-electron chi connectivity index (χ4n) is 1.65. The van der Waals surface area contributed by atoms with E-state index in [1.807, 2.05) is 16.8 Å². The summed E-state index contributed by atoms with van der Waals surface area (Å²) < 4.78 is 39.8. The van der Waals surface area contributed by atoms with Gasteiger partial charge in [-0.3, -0.25) is 4.79 Å². The second kappa shape index (κ2) is 6.62. The number of nitrogens with one attached hydrogen (secondary N) is 1. The molecule has 3 nitrogen and oxygen atoms in total. The number of rotatable bonds is 5. The normalized spacial score (nSPS) is 11.2. The average molecular weight is 315 g/mol. The molecule has 0 unspecified atom stereocenters. The van der Waals surface area contributed by atoms with Crippen molar-refractivity contribution in [2.75, 3.05) is 0 Å². The van der Waals surface area contributed by atoms with Crippen molar-refractivity contribution in [3.63, 3.8) is 0 Å². The molecule has 2 aromatic rings. The summed E-state index contributed by atoms with van der Waals surface area (Å²) in [5, 5.41) is 6.49. The van der Waals surface area contributed by atoms with Gasteiger partial charge in [-0.25, -0.2) is 0 Å². The van der Waals surface area contributed by atoms with Crippen LogP contribution in [0.4, 0.5) is 13.2 Å². The first-order valence-corrected chi connectivity index (χ1v) is 6.99. The molecule has 0 aliphatic carbocycles. The predicted molar refractivity (Wildman–Crippen MR) is 73.0 cm³/mol. The number of carbonyl (C=O) groups is 1. The van der Waals surface area contributed by atoms with Crippen LogP contribution in [0.25, 0.3) is 0 Å². The highest BCUT2D eigenvalue weighted by atomic mass is 32.1. The standard InChI is InChI=1S/C14H12F3NO2S/c15-14(16,17)20-12-3-1-10(2-4-12)8-18-13(19)7-11-5-6-21-9-11/h1-6,9H,7-8H2,(H,18,19). The van der Waals surface area contributed by atoms with Gasteiger partial charge in [0.1, 0.15) is 5.75 Å². The van der Waals surface area contributed by atoms with Crippen LogP contribution in [-0.2, 0) is 17.8 Å². The molecular weight excluding hydrogens is 303 g/mol. The first kappa shape index (κ1) is 15.4. The van der Waals surface area contributed by atoms with Crippen LogP contribution in [0, 0.1) is 0 Å². The Bertz CT molecular complexity index is 579. The molecule has 112 valence electrons. The van der Waals surface area contributed by atoms with Gasteiger partial charge in [0.2, 0.25) is 5.91 Å². The molecule has 0 aliphatic rings. The van der Waals surface area contributed by atoms with E-state index in [2.05, 4.69) is 10.1 Å². The van der Waals surface area contributed by atoms with Crippen LogP contribution < -0.4 is 10.1 Å².